The second kappa shape index (κ2) is 9.12. The molecule has 0 atom stereocenters. The van der Waals surface area contributed by atoms with Crippen LogP contribution in [0.1, 0.15) is 54.9 Å². The topological polar surface area (TPSA) is 65.7 Å². The van der Waals surface area contributed by atoms with Gasteiger partial charge in [0.25, 0.3) is 0 Å². The van der Waals surface area contributed by atoms with E-state index in [0.29, 0.717) is 13.1 Å². The van der Waals surface area contributed by atoms with Crippen molar-refractivity contribution in [3.63, 3.8) is 0 Å². The molecule has 0 saturated carbocycles. The van der Waals surface area contributed by atoms with Crippen molar-refractivity contribution < 1.29 is 13.3 Å². The highest BCUT2D eigenvalue weighted by Crippen LogP contribution is 2.26. The third-order valence-corrected chi connectivity index (χ3v) is 6.09. The first-order valence-electron chi connectivity index (χ1n) is 7.67. The lowest BCUT2D eigenvalue weighted by Crippen LogP contribution is -2.58. The molecule has 0 saturated heterocycles. The molecule has 0 spiro atoms. The third kappa shape index (κ3) is 8.34. The predicted octanol–water partition coefficient (Wildman–Crippen LogP) is 2.49. The average Bonchev–Trinajstić information content (AvgIpc) is 2.23. The first-order chi connectivity index (χ1) is 9.16. The molecule has 20 heavy (non-hydrogen) atoms. The molecule has 0 fully saturated rings. The van der Waals surface area contributed by atoms with Crippen LogP contribution < -0.4 is 11.1 Å². The Morgan fingerprint density at radius 1 is 1.10 bits per heavy atom. The molecule has 0 bridgehead atoms. The zero-order valence-corrected chi connectivity index (χ0v) is 15.3. The molecule has 0 heterocycles. The molecule has 6 heteroatoms. The average molecular weight is 307 g/mol. The zero-order valence-electron chi connectivity index (χ0n) is 14.3. The first-order valence-corrected chi connectivity index (χ1v) is 9.60. The highest BCUT2D eigenvalue weighted by molar-refractivity contribution is 6.60. The smallest absolute Gasteiger partial charge is 0.371 e. The summed E-state index contributed by atoms with van der Waals surface area (Å²) in [6.45, 7) is 15.5. The summed E-state index contributed by atoms with van der Waals surface area (Å²) in [5, 5.41) is 3.30. The van der Waals surface area contributed by atoms with Gasteiger partial charge in [0.1, 0.15) is 5.72 Å². The minimum Gasteiger partial charge on any atom is -0.371 e. The minimum absolute atomic E-state index is 0.0808. The molecule has 0 aliphatic heterocycles. The molecule has 0 aliphatic carbocycles. The fourth-order valence-electron chi connectivity index (χ4n) is 2.07. The maximum absolute atomic E-state index is 6.32. The molecular formula is C14H34N2O3Si. The van der Waals surface area contributed by atoms with Gasteiger partial charge in [-0.25, -0.2) is 0 Å². The lowest BCUT2D eigenvalue weighted by molar-refractivity contribution is -0.0507. The van der Waals surface area contributed by atoms with Gasteiger partial charge in [-0.3, -0.25) is 5.32 Å². The molecule has 3 N–H and O–H groups in total. The number of hydrogen-bond acceptors (Lipinski definition) is 5. The van der Waals surface area contributed by atoms with E-state index in [-0.39, 0.29) is 12.2 Å². The Morgan fingerprint density at radius 2 is 1.60 bits per heavy atom. The van der Waals surface area contributed by atoms with Crippen LogP contribution in [0.4, 0.5) is 0 Å². The summed E-state index contributed by atoms with van der Waals surface area (Å²) in [6, 6.07) is 0.817. The number of hydrogen-bond donors (Lipinski definition) is 2. The molecule has 0 rings (SSSR count). The number of nitrogens with two attached hydrogens (primary N) is 1. The Hall–Kier alpha value is 0.0169. The molecule has 0 aliphatic rings. The van der Waals surface area contributed by atoms with Gasteiger partial charge in [0.15, 0.2) is 0 Å². The lowest BCUT2D eigenvalue weighted by atomic mass is 10.3. The Kier molecular flexibility index (Phi) is 9.13. The van der Waals surface area contributed by atoms with Crippen molar-refractivity contribution in [2.75, 3.05) is 13.1 Å². The van der Waals surface area contributed by atoms with E-state index in [1.807, 2.05) is 41.5 Å². The molecule has 0 aromatic heterocycles. The van der Waals surface area contributed by atoms with Crippen LogP contribution in [-0.2, 0) is 13.3 Å². The monoisotopic (exact) mass is 306 g/mol. The fourth-order valence-corrected chi connectivity index (χ4v) is 5.46. The molecular weight excluding hydrogens is 272 g/mol. The van der Waals surface area contributed by atoms with E-state index < -0.39 is 14.5 Å². The van der Waals surface area contributed by atoms with Crippen LogP contribution in [0.15, 0.2) is 0 Å². The van der Waals surface area contributed by atoms with Crippen LogP contribution in [0.2, 0.25) is 6.04 Å². The predicted molar refractivity (Wildman–Crippen MR) is 85.5 cm³/mol. The number of rotatable bonds is 11. The first kappa shape index (κ1) is 20.0. The standard InChI is InChI=1S/C14H34N2O3Si/c1-8-11-20(17-12(2)3,18-13(4)5)19-14(6,7)16-10-9-15/h12-13,16H,8-11,15H2,1-7H3. The summed E-state index contributed by atoms with van der Waals surface area (Å²) in [6.07, 6.45) is 1.13. The van der Waals surface area contributed by atoms with Crippen molar-refractivity contribution in [3.05, 3.63) is 0 Å². The normalized spacial score (nSPS) is 13.5. The third-order valence-electron chi connectivity index (χ3n) is 2.49. The van der Waals surface area contributed by atoms with E-state index in [0.717, 1.165) is 12.5 Å². The van der Waals surface area contributed by atoms with Crippen molar-refractivity contribution in [2.24, 2.45) is 5.73 Å². The van der Waals surface area contributed by atoms with Crippen LogP contribution in [0.25, 0.3) is 0 Å². The number of nitrogens with one attached hydrogen (secondary N) is 1. The van der Waals surface area contributed by atoms with Crippen molar-refractivity contribution in [1.82, 2.24) is 5.32 Å². The van der Waals surface area contributed by atoms with Gasteiger partial charge in [-0.15, -0.1) is 0 Å². The zero-order chi connectivity index (χ0) is 15.8. The van der Waals surface area contributed by atoms with Crippen molar-refractivity contribution in [1.29, 1.82) is 0 Å². The minimum atomic E-state index is -2.71. The van der Waals surface area contributed by atoms with E-state index in [4.69, 9.17) is 19.0 Å². The van der Waals surface area contributed by atoms with Crippen LogP contribution in [0.5, 0.6) is 0 Å². The van der Waals surface area contributed by atoms with E-state index in [2.05, 4.69) is 12.2 Å². The van der Waals surface area contributed by atoms with Crippen molar-refractivity contribution in [3.8, 4) is 0 Å². The van der Waals surface area contributed by atoms with E-state index >= 15 is 0 Å². The van der Waals surface area contributed by atoms with E-state index in [9.17, 15) is 0 Å². The van der Waals surface area contributed by atoms with Gasteiger partial charge >= 0.3 is 8.80 Å². The molecule has 0 aromatic carbocycles. The van der Waals surface area contributed by atoms with Crippen LogP contribution >= 0.6 is 0 Å². The second-order valence-electron chi connectivity index (χ2n) is 6.09. The largest absolute Gasteiger partial charge is 0.502 e. The molecule has 0 unspecified atom stereocenters. The second-order valence-corrected chi connectivity index (χ2v) is 8.64. The SMILES string of the molecule is CCC[Si](OC(C)C)(OC(C)C)OC(C)(C)NCCN. The summed E-state index contributed by atoms with van der Waals surface area (Å²) < 4.78 is 18.6. The maximum Gasteiger partial charge on any atom is 0.502 e. The Morgan fingerprint density at radius 3 is 1.95 bits per heavy atom. The highest BCUT2D eigenvalue weighted by Gasteiger charge is 2.46. The quantitative estimate of drug-likeness (QED) is 0.453. The van der Waals surface area contributed by atoms with Crippen LogP contribution in [0.3, 0.4) is 0 Å². The van der Waals surface area contributed by atoms with Gasteiger partial charge < -0.3 is 19.0 Å². The molecule has 0 aromatic rings. The van der Waals surface area contributed by atoms with Gasteiger partial charge in [0.2, 0.25) is 0 Å². The van der Waals surface area contributed by atoms with Crippen LogP contribution in [0, 0.1) is 0 Å². The van der Waals surface area contributed by atoms with Gasteiger partial charge in [-0.1, -0.05) is 13.3 Å². The van der Waals surface area contributed by atoms with Gasteiger partial charge in [-0.05, 0) is 41.5 Å². The fraction of sp³-hybridized carbons (Fsp3) is 1.00. The summed E-state index contributed by atoms with van der Waals surface area (Å²) in [5.74, 6) is 0. The molecule has 5 nitrogen and oxygen atoms in total. The summed E-state index contributed by atoms with van der Waals surface area (Å²) in [7, 11) is -2.71. The van der Waals surface area contributed by atoms with Gasteiger partial charge in [-0.2, -0.15) is 0 Å². The lowest BCUT2D eigenvalue weighted by Gasteiger charge is -2.39. The summed E-state index contributed by atoms with van der Waals surface area (Å²) in [5.41, 5.74) is 5.04. The Bertz CT molecular complexity index is 251. The molecule has 0 radical (unpaired) electrons. The van der Waals surface area contributed by atoms with E-state index in [1.54, 1.807) is 0 Å². The van der Waals surface area contributed by atoms with Crippen LogP contribution in [-0.4, -0.2) is 39.8 Å². The van der Waals surface area contributed by atoms with Crippen molar-refractivity contribution >= 4 is 8.80 Å². The van der Waals surface area contributed by atoms with Gasteiger partial charge in [0.05, 0.1) is 0 Å². The molecule has 122 valence electrons. The highest BCUT2D eigenvalue weighted by atomic mass is 28.4. The van der Waals surface area contributed by atoms with Crippen molar-refractivity contribution in [2.45, 2.75) is 78.9 Å². The summed E-state index contributed by atoms with van der Waals surface area (Å²) in [4.78, 5) is 0. The Labute approximate surface area is 125 Å². The van der Waals surface area contributed by atoms with Gasteiger partial charge in [0, 0.05) is 31.3 Å². The van der Waals surface area contributed by atoms with E-state index in [1.165, 1.54) is 0 Å². The maximum atomic E-state index is 6.32. The summed E-state index contributed by atoms with van der Waals surface area (Å²) >= 11 is 0. The Balaban J connectivity index is 5.04. The molecule has 0 amide bonds.